The van der Waals surface area contributed by atoms with Crippen molar-refractivity contribution in [2.45, 2.75) is 153 Å². The van der Waals surface area contributed by atoms with Crippen LogP contribution in [0.1, 0.15) is 136 Å². The average molecular weight is 1240 g/mol. The third kappa shape index (κ3) is 18.6. The van der Waals surface area contributed by atoms with Crippen molar-refractivity contribution < 1.29 is 47.8 Å². The summed E-state index contributed by atoms with van der Waals surface area (Å²) in [5.41, 5.74) is 4.29. The molecule has 2 aliphatic heterocycles. The van der Waals surface area contributed by atoms with E-state index in [2.05, 4.69) is 31.9 Å². The number of carbonyl (C=O) groups excluding carboxylic acids is 8. The van der Waals surface area contributed by atoms with E-state index >= 15 is 0 Å². The van der Waals surface area contributed by atoms with E-state index in [1.54, 1.807) is 100 Å². The topological polar surface area (TPSA) is 240 Å². The van der Waals surface area contributed by atoms with Crippen molar-refractivity contribution in [3.8, 4) is 22.6 Å². The van der Waals surface area contributed by atoms with Crippen LogP contribution in [0, 0.1) is 11.8 Å². The van der Waals surface area contributed by atoms with Crippen LogP contribution >= 0.6 is 0 Å². The maximum Gasteiger partial charge on any atom is 0.251 e. The first-order chi connectivity index (χ1) is 43.6. The van der Waals surface area contributed by atoms with Crippen molar-refractivity contribution in [3.05, 3.63) is 119 Å². The minimum atomic E-state index is -0.651. The molecule has 20 heteroatoms. The molecule has 0 spiro atoms. The number of nitrogens with one attached hydrogen (secondary N) is 6. The first kappa shape index (κ1) is 68.1. The van der Waals surface area contributed by atoms with Crippen molar-refractivity contribution in [2.75, 3.05) is 80.7 Å². The van der Waals surface area contributed by atoms with Crippen molar-refractivity contribution in [1.29, 1.82) is 0 Å². The third-order valence-electron chi connectivity index (χ3n) is 19.0. The lowest BCUT2D eigenvalue weighted by Crippen LogP contribution is -2.57. The van der Waals surface area contributed by atoms with Gasteiger partial charge in [0, 0.05) is 62.5 Å². The summed E-state index contributed by atoms with van der Waals surface area (Å²) in [6, 6.07) is 26.5. The van der Waals surface area contributed by atoms with Crippen LogP contribution in [0.2, 0.25) is 0 Å². The molecule has 0 unspecified atom stereocenters. The lowest BCUT2D eigenvalue weighted by atomic mass is 9.83. The fourth-order valence-electron chi connectivity index (χ4n) is 13.1. The van der Waals surface area contributed by atoms with E-state index in [1.807, 2.05) is 58.3 Å². The van der Waals surface area contributed by atoms with Gasteiger partial charge in [-0.1, -0.05) is 87.1 Å². The molecule has 2 saturated carbocycles. The van der Waals surface area contributed by atoms with Crippen LogP contribution in [0.25, 0.3) is 11.1 Å². The predicted octanol–water partition coefficient (Wildman–Crippen LogP) is 6.30. The van der Waals surface area contributed by atoms with Crippen LogP contribution in [0.3, 0.4) is 0 Å². The minimum Gasteiger partial charge on any atom is -0.497 e. The predicted molar refractivity (Wildman–Crippen MR) is 347 cm³/mol. The van der Waals surface area contributed by atoms with Gasteiger partial charge in [0.2, 0.25) is 35.4 Å². The summed E-state index contributed by atoms with van der Waals surface area (Å²) in [5.74, 6) is -0.546. The normalized spacial score (nSPS) is 18.3. The Bertz CT molecular complexity index is 2820. The Morgan fingerprint density at radius 3 is 1.17 bits per heavy atom. The Morgan fingerprint density at radius 1 is 0.478 bits per heavy atom. The van der Waals surface area contributed by atoms with Crippen LogP contribution in [0.5, 0.6) is 11.5 Å². The van der Waals surface area contributed by atoms with Crippen LogP contribution in [-0.4, -0.2) is 184 Å². The smallest absolute Gasteiger partial charge is 0.251 e. The molecule has 4 fully saturated rings. The van der Waals surface area contributed by atoms with E-state index in [0.717, 1.165) is 111 Å². The second-order valence-corrected chi connectivity index (χ2v) is 24.8. The van der Waals surface area contributed by atoms with Crippen molar-refractivity contribution in [3.63, 3.8) is 0 Å². The highest BCUT2D eigenvalue weighted by atomic mass is 16.5. The van der Waals surface area contributed by atoms with Crippen molar-refractivity contribution >= 4 is 47.3 Å². The number of likely N-dealkylation sites (N-methyl/N-ethyl adjacent to an activating group) is 2. The molecule has 90 heavy (non-hydrogen) atoms. The molecular weight excluding hydrogens is 1140 g/mol. The summed E-state index contributed by atoms with van der Waals surface area (Å²) in [6.45, 7) is 5.35. The maximum atomic E-state index is 14.6. The van der Waals surface area contributed by atoms with Gasteiger partial charge in [0.05, 0.1) is 39.4 Å². The standard InChI is InChI=1S/C70H96N10O10/c1-47(71-3)65(83)75-63(53-15-9-7-10-16-53)69(87)79-39-13-19-57(79)45-77(41-37-49-21-33-59(89-5)34-22-49)61(81)43-73-67(85)55-29-25-51(26-30-55)52-27-31-56(32-28-52)68(86)74-44-62(82)78(42-38-50-23-35-60(90-6)36-24-50)46-58-20-14-40-80(58)70(88)64(54-17-11-8-12-18-54)76-66(84)48(2)72-4/h21-36,47-48,53-54,57-58,63-64,71-72H,7-20,37-46H2,1-6H3,(H,73,85)(H,74,86)(H,75,83)(H,76,84)/t47-,48-,57-,58+,63-,64-/m0/s1. The Hall–Kier alpha value is -7.84. The molecule has 6 N–H and O–H groups in total. The van der Waals surface area contributed by atoms with Crippen LogP contribution < -0.4 is 41.4 Å². The van der Waals surface area contributed by atoms with Crippen LogP contribution in [0.4, 0.5) is 0 Å². The van der Waals surface area contributed by atoms with E-state index in [1.165, 1.54) is 0 Å². The molecule has 2 saturated heterocycles. The maximum absolute atomic E-state index is 14.6. The number of methoxy groups -OCH3 is 2. The second kappa shape index (κ2) is 33.8. The van der Waals surface area contributed by atoms with Gasteiger partial charge >= 0.3 is 0 Å². The van der Waals surface area contributed by atoms with Gasteiger partial charge in [0.1, 0.15) is 23.6 Å². The Kier molecular flexibility index (Phi) is 25.6. The number of hydrogen-bond donors (Lipinski definition) is 6. The summed E-state index contributed by atoms with van der Waals surface area (Å²) in [4.78, 5) is 119. The lowest BCUT2D eigenvalue weighted by molar-refractivity contribution is -0.141. The largest absolute Gasteiger partial charge is 0.497 e. The molecular formula is C70H96N10O10. The Balaban J connectivity index is 0.879. The number of benzene rings is 4. The summed E-state index contributed by atoms with van der Waals surface area (Å²) >= 11 is 0. The van der Waals surface area contributed by atoms with Gasteiger partial charge in [-0.25, -0.2) is 0 Å². The Morgan fingerprint density at radius 2 is 0.833 bits per heavy atom. The molecule has 0 bridgehead atoms. The van der Waals surface area contributed by atoms with Crippen molar-refractivity contribution in [2.24, 2.45) is 11.8 Å². The highest BCUT2D eigenvalue weighted by Crippen LogP contribution is 2.32. The number of nitrogens with zero attached hydrogens (tertiary/aromatic N) is 4. The molecule has 2 heterocycles. The van der Waals surface area contributed by atoms with Gasteiger partial charge in [-0.15, -0.1) is 0 Å². The quantitative estimate of drug-likeness (QED) is 0.0351. The summed E-state index contributed by atoms with van der Waals surface area (Å²) in [5, 5.41) is 17.9. The molecule has 0 aromatic heterocycles. The zero-order chi connectivity index (χ0) is 64.1. The van der Waals surface area contributed by atoms with Gasteiger partial charge in [-0.2, -0.15) is 0 Å². The van der Waals surface area contributed by atoms with E-state index < -0.39 is 36.0 Å². The van der Waals surface area contributed by atoms with E-state index in [0.29, 0.717) is 63.0 Å². The highest BCUT2D eigenvalue weighted by molar-refractivity contribution is 5.98. The van der Waals surface area contributed by atoms with E-state index in [4.69, 9.17) is 9.47 Å². The molecule has 6 atom stereocenters. The summed E-state index contributed by atoms with van der Waals surface area (Å²) < 4.78 is 10.7. The van der Waals surface area contributed by atoms with Gasteiger partial charge < -0.3 is 61.0 Å². The van der Waals surface area contributed by atoms with Crippen LogP contribution in [0.15, 0.2) is 97.1 Å². The third-order valence-corrected chi connectivity index (χ3v) is 19.0. The minimum absolute atomic E-state index is 0.0341. The number of likely N-dealkylation sites (tertiary alicyclic amines) is 2. The highest BCUT2D eigenvalue weighted by Gasteiger charge is 2.42. The van der Waals surface area contributed by atoms with Gasteiger partial charge in [0.15, 0.2) is 0 Å². The molecule has 2 aliphatic carbocycles. The molecule has 486 valence electrons. The second-order valence-electron chi connectivity index (χ2n) is 24.8. The van der Waals surface area contributed by atoms with Gasteiger partial charge in [-0.3, -0.25) is 38.4 Å². The number of rotatable bonds is 29. The van der Waals surface area contributed by atoms with Gasteiger partial charge in [0.25, 0.3) is 11.8 Å². The fourth-order valence-corrected chi connectivity index (χ4v) is 13.1. The molecule has 20 nitrogen and oxygen atoms in total. The molecule has 8 rings (SSSR count). The number of carbonyl (C=O) groups is 8. The lowest BCUT2D eigenvalue weighted by Gasteiger charge is -2.37. The molecule has 8 amide bonds. The molecule has 4 aromatic carbocycles. The van der Waals surface area contributed by atoms with Gasteiger partial charge in [-0.05, 0) is 175 Å². The average Bonchev–Trinajstić information content (AvgIpc) is 2.19. The zero-order valence-electron chi connectivity index (χ0n) is 53.7. The molecule has 0 radical (unpaired) electrons. The first-order valence-corrected chi connectivity index (χ1v) is 32.7. The molecule has 4 aromatic rings. The number of amides is 8. The van der Waals surface area contributed by atoms with E-state index in [-0.39, 0.29) is 85.5 Å². The van der Waals surface area contributed by atoms with Crippen molar-refractivity contribution in [1.82, 2.24) is 51.5 Å². The summed E-state index contributed by atoms with van der Waals surface area (Å²) in [6.07, 6.45) is 13.7. The first-order valence-electron chi connectivity index (χ1n) is 32.7. The summed E-state index contributed by atoms with van der Waals surface area (Å²) in [7, 11) is 6.66. The number of hydrogen-bond acceptors (Lipinski definition) is 12. The Labute approximate surface area is 531 Å². The van der Waals surface area contributed by atoms with E-state index in [9.17, 15) is 38.4 Å². The van der Waals surface area contributed by atoms with Crippen LogP contribution in [-0.2, 0) is 41.6 Å². The molecule has 4 aliphatic rings. The fraction of sp³-hybridized carbons (Fsp3) is 0.543. The zero-order valence-corrected chi connectivity index (χ0v) is 53.7. The number of ether oxygens (including phenoxy) is 2. The SMILES string of the molecule is CN[C@@H](C)C(=O)N[C@H](C(=O)N1CCC[C@@H]1CN(CCc1ccc(OC)cc1)C(=O)CNC(=O)c1ccc(-c2ccc(C(=O)NCC(=O)N(CCc3ccc(OC)cc3)C[C@@H]3CCCN3C(=O)[C@@H](NC(=O)[C@H](C)NC)C3CCCCC3)cc2)cc1)C1CCCCC1. The monoisotopic (exact) mass is 1240 g/mol.